The number of hydrogen-bond acceptors (Lipinski definition) is 3. The van der Waals surface area contributed by atoms with Gasteiger partial charge in [-0.1, -0.05) is 48.4 Å². The van der Waals surface area contributed by atoms with E-state index < -0.39 is 0 Å². The summed E-state index contributed by atoms with van der Waals surface area (Å²) in [6.45, 7) is 0. The van der Waals surface area contributed by atoms with Gasteiger partial charge in [0.15, 0.2) is 0 Å². The van der Waals surface area contributed by atoms with Crippen molar-refractivity contribution in [3.63, 3.8) is 0 Å². The molecular formula is C10H12N2S. The van der Waals surface area contributed by atoms with Crippen molar-refractivity contribution >= 4 is 23.7 Å². The van der Waals surface area contributed by atoms with Gasteiger partial charge in [0.05, 0.1) is 0 Å². The molecule has 0 aliphatic heterocycles. The number of nitrogen functional groups attached to an aromatic ring is 1. The summed E-state index contributed by atoms with van der Waals surface area (Å²) in [5.41, 5.74) is 7.54. The Kier molecular flexibility index (Phi) is 4.15. The van der Waals surface area contributed by atoms with Crippen molar-refractivity contribution in [1.29, 1.82) is 0 Å². The summed E-state index contributed by atoms with van der Waals surface area (Å²) in [6, 6.07) is 7.71. The van der Waals surface area contributed by atoms with E-state index in [1.54, 1.807) is 5.41 Å². The fraction of sp³-hybridized carbons (Fsp3) is 0. The minimum Gasteiger partial charge on any atom is -0.398 e. The maximum Gasteiger partial charge on any atom is 0.0387 e. The van der Waals surface area contributed by atoms with Gasteiger partial charge in [-0.05, 0) is 17.0 Å². The van der Waals surface area contributed by atoms with E-state index in [1.165, 1.54) is 11.9 Å². The van der Waals surface area contributed by atoms with E-state index >= 15 is 0 Å². The lowest BCUT2D eigenvalue weighted by molar-refractivity contribution is 1.64. The summed E-state index contributed by atoms with van der Waals surface area (Å²) >= 11 is 1.18. The molecule has 4 N–H and O–H groups in total. The van der Waals surface area contributed by atoms with E-state index in [4.69, 9.17) is 10.9 Å². The number of benzene rings is 1. The van der Waals surface area contributed by atoms with Crippen LogP contribution in [0, 0.1) is 0 Å². The Morgan fingerprint density at radius 2 is 1.92 bits per heavy atom. The smallest absolute Gasteiger partial charge is 0.0387 e. The molecule has 0 bridgehead atoms. The van der Waals surface area contributed by atoms with Gasteiger partial charge >= 0.3 is 0 Å². The Morgan fingerprint density at radius 1 is 1.15 bits per heavy atom. The van der Waals surface area contributed by atoms with Crippen molar-refractivity contribution < 1.29 is 0 Å². The zero-order valence-corrected chi connectivity index (χ0v) is 8.00. The Balaban J connectivity index is 2.68. The zero-order chi connectivity index (χ0) is 9.52. The topological polar surface area (TPSA) is 52.0 Å². The average Bonchev–Trinajstić information content (AvgIpc) is 2.15. The first-order valence-electron chi connectivity index (χ1n) is 3.88. The quantitative estimate of drug-likeness (QED) is 0.439. The maximum absolute atomic E-state index is 5.73. The summed E-state index contributed by atoms with van der Waals surface area (Å²) < 4.78 is 0. The highest BCUT2D eigenvalue weighted by atomic mass is 32.2. The molecule has 0 fully saturated rings. The van der Waals surface area contributed by atoms with Gasteiger partial charge in [0.1, 0.15) is 0 Å². The van der Waals surface area contributed by atoms with Crippen molar-refractivity contribution in [2.45, 2.75) is 0 Å². The highest BCUT2D eigenvalue weighted by Gasteiger charge is 1.89. The molecule has 0 aliphatic carbocycles. The molecule has 68 valence electrons. The number of nitrogens with two attached hydrogens (primary N) is 2. The second-order valence-corrected chi connectivity index (χ2v) is 3.00. The number of anilines is 1. The van der Waals surface area contributed by atoms with Crippen LogP contribution >= 0.6 is 11.9 Å². The maximum atomic E-state index is 5.73. The summed E-state index contributed by atoms with van der Waals surface area (Å²) in [6.07, 6.45) is 5.73. The second kappa shape index (κ2) is 5.45. The van der Waals surface area contributed by atoms with Crippen LogP contribution in [0.1, 0.15) is 5.56 Å². The van der Waals surface area contributed by atoms with Crippen molar-refractivity contribution in [2.24, 2.45) is 5.14 Å². The van der Waals surface area contributed by atoms with Gasteiger partial charge in [0, 0.05) is 5.69 Å². The molecule has 0 heterocycles. The van der Waals surface area contributed by atoms with Crippen LogP contribution in [0.25, 0.3) is 6.08 Å². The van der Waals surface area contributed by atoms with Gasteiger partial charge in [-0.25, -0.2) is 0 Å². The second-order valence-electron chi connectivity index (χ2n) is 2.45. The van der Waals surface area contributed by atoms with Crippen LogP contribution in [0.2, 0.25) is 0 Å². The molecule has 0 aromatic heterocycles. The van der Waals surface area contributed by atoms with E-state index in [-0.39, 0.29) is 0 Å². The third-order valence-corrected chi connectivity index (χ3v) is 1.85. The van der Waals surface area contributed by atoms with Gasteiger partial charge in [-0.2, -0.15) is 0 Å². The summed E-state index contributed by atoms with van der Waals surface area (Å²) in [5, 5.41) is 7.01. The summed E-state index contributed by atoms with van der Waals surface area (Å²) in [7, 11) is 0. The highest BCUT2D eigenvalue weighted by molar-refractivity contribution is 7.99. The minimum atomic E-state index is 0.785. The van der Waals surface area contributed by atoms with E-state index in [0.29, 0.717) is 0 Å². The Bertz CT molecular complexity index is 318. The monoisotopic (exact) mass is 192 g/mol. The molecule has 0 saturated carbocycles. The van der Waals surface area contributed by atoms with E-state index in [9.17, 15) is 0 Å². The van der Waals surface area contributed by atoms with Crippen LogP contribution in [0.3, 0.4) is 0 Å². The van der Waals surface area contributed by atoms with Gasteiger partial charge in [-0.15, -0.1) is 0 Å². The van der Waals surface area contributed by atoms with Crippen molar-refractivity contribution in [3.8, 4) is 0 Å². The third-order valence-electron chi connectivity index (χ3n) is 1.54. The molecule has 0 radical (unpaired) electrons. The molecule has 1 aromatic rings. The van der Waals surface area contributed by atoms with E-state index in [2.05, 4.69) is 0 Å². The van der Waals surface area contributed by atoms with Crippen LogP contribution < -0.4 is 10.9 Å². The van der Waals surface area contributed by atoms with Crippen LogP contribution in [0.4, 0.5) is 5.69 Å². The molecule has 0 saturated heterocycles. The van der Waals surface area contributed by atoms with Crippen molar-refractivity contribution in [1.82, 2.24) is 0 Å². The Morgan fingerprint density at radius 3 is 2.62 bits per heavy atom. The predicted molar refractivity (Wildman–Crippen MR) is 60.8 cm³/mol. The number of rotatable bonds is 3. The average molecular weight is 192 g/mol. The molecule has 0 atom stereocenters. The third kappa shape index (κ3) is 3.36. The van der Waals surface area contributed by atoms with Gasteiger partial charge < -0.3 is 5.73 Å². The summed E-state index contributed by atoms with van der Waals surface area (Å²) in [4.78, 5) is 0. The van der Waals surface area contributed by atoms with E-state index in [1.807, 2.05) is 42.5 Å². The first kappa shape index (κ1) is 9.89. The van der Waals surface area contributed by atoms with Gasteiger partial charge in [-0.3, -0.25) is 5.14 Å². The van der Waals surface area contributed by atoms with E-state index in [0.717, 1.165) is 11.3 Å². The molecule has 3 heteroatoms. The largest absolute Gasteiger partial charge is 0.398 e. The number of para-hydroxylation sites is 1. The molecule has 0 aliphatic rings. The first-order chi connectivity index (χ1) is 6.34. The number of hydrogen-bond donors (Lipinski definition) is 2. The van der Waals surface area contributed by atoms with Crippen LogP contribution in [0.5, 0.6) is 0 Å². The lowest BCUT2D eigenvalue weighted by Crippen LogP contribution is -1.86. The predicted octanol–water partition coefficient (Wildman–Crippen LogP) is 2.40. The molecule has 1 aromatic carbocycles. The van der Waals surface area contributed by atoms with Gasteiger partial charge in [0.2, 0.25) is 0 Å². The fourth-order valence-corrected chi connectivity index (χ4v) is 1.09. The normalized spacial score (nSPS) is 11.5. The highest BCUT2D eigenvalue weighted by Crippen LogP contribution is 2.11. The molecule has 1 rings (SSSR count). The Hall–Kier alpha value is -1.19. The van der Waals surface area contributed by atoms with Crippen molar-refractivity contribution in [2.75, 3.05) is 5.73 Å². The molecule has 13 heavy (non-hydrogen) atoms. The zero-order valence-electron chi connectivity index (χ0n) is 7.18. The molecule has 0 spiro atoms. The SMILES string of the molecule is NS/C=C/C=C/c1ccccc1N. The van der Waals surface area contributed by atoms with Crippen LogP contribution in [0.15, 0.2) is 41.8 Å². The lowest BCUT2D eigenvalue weighted by atomic mass is 10.2. The molecule has 0 amide bonds. The number of allylic oxidation sites excluding steroid dienone is 2. The summed E-state index contributed by atoms with van der Waals surface area (Å²) in [5.74, 6) is 0. The van der Waals surface area contributed by atoms with Crippen LogP contribution in [-0.2, 0) is 0 Å². The van der Waals surface area contributed by atoms with Crippen molar-refractivity contribution in [3.05, 3.63) is 47.4 Å². The first-order valence-corrected chi connectivity index (χ1v) is 4.82. The lowest BCUT2D eigenvalue weighted by Gasteiger charge is -1.96. The fourth-order valence-electron chi connectivity index (χ4n) is 0.913. The molecular weight excluding hydrogens is 180 g/mol. The molecule has 2 nitrogen and oxygen atoms in total. The standard InChI is InChI=1S/C10H12N2S/c11-10-7-2-1-5-9(10)6-3-4-8-13-12/h1-8H,11-12H2/b6-3+,8-4+. The molecule has 0 unspecified atom stereocenters. The van der Waals surface area contributed by atoms with Gasteiger partial charge in [0.25, 0.3) is 0 Å². The Labute approximate surface area is 82.5 Å². The minimum absolute atomic E-state index is 0.785. The van der Waals surface area contributed by atoms with Crippen LogP contribution in [-0.4, -0.2) is 0 Å².